The molecule has 1 atom stereocenters. The second-order valence-corrected chi connectivity index (χ2v) is 6.64. The number of nitrogens with one attached hydrogen (secondary N) is 2. The third-order valence-corrected chi connectivity index (χ3v) is 4.85. The van der Waals surface area contributed by atoms with Crippen molar-refractivity contribution < 1.29 is 14.4 Å². The summed E-state index contributed by atoms with van der Waals surface area (Å²) in [6, 6.07) is 18.4. The monoisotopic (exact) mass is 351 g/mol. The van der Waals surface area contributed by atoms with Crippen LogP contribution in [-0.2, 0) is 11.2 Å². The second kappa shape index (κ2) is 9.20. The van der Waals surface area contributed by atoms with Gasteiger partial charge in [-0.15, -0.1) is 0 Å². The van der Waals surface area contributed by atoms with E-state index in [9.17, 15) is 4.79 Å². The first-order valence-corrected chi connectivity index (χ1v) is 9.23. The Morgan fingerprint density at radius 2 is 1.88 bits per heavy atom. The van der Waals surface area contributed by atoms with E-state index in [2.05, 4.69) is 35.7 Å². The van der Waals surface area contributed by atoms with Crippen LogP contribution in [0.1, 0.15) is 17.5 Å². The van der Waals surface area contributed by atoms with Crippen molar-refractivity contribution in [2.24, 2.45) is 0 Å². The van der Waals surface area contributed by atoms with E-state index in [-0.39, 0.29) is 5.91 Å². The molecule has 3 rings (SSSR count). The lowest BCUT2D eigenvalue weighted by Crippen LogP contribution is -3.13. The molecule has 0 radical (unpaired) electrons. The first kappa shape index (κ1) is 18.2. The highest BCUT2D eigenvalue weighted by Gasteiger charge is 2.18. The van der Waals surface area contributed by atoms with Gasteiger partial charge in [0.05, 0.1) is 20.2 Å². The SMILES string of the molecule is COc1ccccc1CCNC(=O)C[NH+]1CC=C(c2ccccc2)CC1. The predicted octanol–water partition coefficient (Wildman–Crippen LogP) is 1.73. The maximum absolute atomic E-state index is 12.2. The van der Waals surface area contributed by atoms with Crippen molar-refractivity contribution in [2.75, 3.05) is 33.3 Å². The number of ether oxygens (including phenoxy) is 1. The molecule has 1 aliphatic rings. The van der Waals surface area contributed by atoms with Crippen LogP contribution in [0.4, 0.5) is 0 Å². The number of rotatable bonds is 7. The summed E-state index contributed by atoms with van der Waals surface area (Å²) in [5.74, 6) is 0.994. The fraction of sp³-hybridized carbons (Fsp3) is 0.318. The van der Waals surface area contributed by atoms with Gasteiger partial charge >= 0.3 is 0 Å². The van der Waals surface area contributed by atoms with Crippen molar-refractivity contribution in [1.29, 1.82) is 0 Å². The third kappa shape index (κ3) is 4.96. The molecule has 2 N–H and O–H groups in total. The summed E-state index contributed by atoms with van der Waals surface area (Å²) in [4.78, 5) is 13.5. The van der Waals surface area contributed by atoms with Crippen LogP contribution in [0.25, 0.3) is 5.57 Å². The molecular weight excluding hydrogens is 324 g/mol. The van der Waals surface area contributed by atoms with Gasteiger partial charge in [-0.1, -0.05) is 48.5 Å². The zero-order valence-corrected chi connectivity index (χ0v) is 15.3. The number of carbonyl (C=O) groups excluding carboxylic acids is 1. The molecule has 1 heterocycles. The number of hydrogen-bond donors (Lipinski definition) is 2. The number of para-hydroxylation sites is 1. The first-order valence-electron chi connectivity index (χ1n) is 9.23. The van der Waals surface area contributed by atoms with Gasteiger partial charge in [0.25, 0.3) is 5.91 Å². The van der Waals surface area contributed by atoms with E-state index in [0.29, 0.717) is 13.1 Å². The van der Waals surface area contributed by atoms with Crippen LogP contribution >= 0.6 is 0 Å². The summed E-state index contributed by atoms with van der Waals surface area (Å²) in [7, 11) is 1.67. The van der Waals surface area contributed by atoms with E-state index in [0.717, 1.165) is 37.2 Å². The number of quaternary nitrogens is 1. The van der Waals surface area contributed by atoms with Gasteiger partial charge in [-0.05, 0) is 35.3 Å². The number of amides is 1. The summed E-state index contributed by atoms with van der Waals surface area (Å²) < 4.78 is 5.35. The van der Waals surface area contributed by atoms with E-state index in [1.54, 1.807) is 7.11 Å². The lowest BCUT2D eigenvalue weighted by atomic mass is 10.00. The van der Waals surface area contributed by atoms with Gasteiger partial charge in [-0.3, -0.25) is 4.79 Å². The Bertz CT molecular complexity index is 756. The topological polar surface area (TPSA) is 42.8 Å². The summed E-state index contributed by atoms with van der Waals surface area (Å²) >= 11 is 0. The van der Waals surface area contributed by atoms with E-state index in [1.807, 2.05) is 30.3 Å². The van der Waals surface area contributed by atoms with Crippen LogP contribution in [0.2, 0.25) is 0 Å². The van der Waals surface area contributed by atoms with Crippen LogP contribution in [-0.4, -0.2) is 39.2 Å². The molecule has 0 saturated carbocycles. The number of benzene rings is 2. The Labute approximate surface area is 155 Å². The highest BCUT2D eigenvalue weighted by atomic mass is 16.5. The van der Waals surface area contributed by atoms with Crippen molar-refractivity contribution in [3.63, 3.8) is 0 Å². The van der Waals surface area contributed by atoms with Crippen LogP contribution < -0.4 is 15.0 Å². The lowest BCUT2D eigenvalue weighted by molar-refractivity contribution is -0.886. The quantitative estimate of drug-likeness (QED) is 0.798. The highest BCUT2D eigenvalue weighted by Crippen LogP contribution is 2.18. The normalized spacial score (nSPS) is 16.7. The molecule has 1 amide bonds. The summed E-state index contributed by atoms with van der Waals surface area (Å²) in [5.41, 5.74) is 3.81. The molecule has 0 saturated heterocycles. The van der Waals surface area contributed by atoms with Gasteiger partial charge < -0.3 is 15.0 Å². The van der Waals surface area contributed by atoms with Crippen LogP contribution in [0.15, 0.2) is 60.7 Å². The molecule has 0 bridgehead atoms. The third-order valence-electron chi connectivity index (χ3n) is 4.85. The molecule has 2 aromatic carbocycles. The van der Waals surface area contributed by atoms with Crippen molar-refractivity contribution in [3.05, 3.63) is 71.8 Å². The fourth-order valence-electron chi connectivity index (χ4n) is 3.39. The molecule has 26 heavy (non-hydrogen) atoms. The summed E-state index contributed by atoms with van der Waals surface area (Å²) in [6.45, 7) is 3.08. The smallest absolute Gasteiger partial charge is 0.275 e. The zero-order valence-electron chi connectivity index (χ0n) is 15.3. The average molecular weight is 351 g/mol. The minimum atomic E-state index is 0.117. The fourth-order valence-corrected chi connectivity index (χ4v) is 3.39. The molecular formula is C22H27N2O2+. The summed E-state index contributed by atoms with van der Waals surface area (Å²) in [6.07, 6.45) is 4.08. The van der Waals surface area contributed by atoms with Gasteiger partial charge in [0.2, 0.25) is 0 Å². The van der Waals surface area contributed by atoms with Crippen LogP contribution in [0.5, 0.6) is 5.75 Å². The van der Waals surface area contributed by atoms with E-state index < -0.39 is 0 Å². The van der Waals surface area contributed by atoms with Gasteiger partial charge in [0, 0.05) is 13.0 Å². The first-order chi connectivity index (χ1) is 12.8. The van der Waals surface area contributed by atoms with Crippen molar-refractivity contribution >= 4 is 11.5 Å². The Balaban J connectivity index is 1.42. The Morgan fingerprint density at radius 1 is 1.12 bits per heavy atom. The van der Waals surface area contributed by atoms with E-state index >= 15 is 0 Å². The number of methoxy groups -OCH3 is 1. The Kier molecular flexibility index (Phi) is 6.45. The molecule has 2 aromatic rings. The molecule has 4 heteroatoms. The molecule has 0 fully saturated rings. The van der Waals surface area contributed by atoms with Gasteiger partial charge in [0.1, 0.15) is 5.75 Å². The number of hydrogen-bond acceptors (Lipinski definition) is 2. The molecule has 136 valence electrons. The second-order valence-electron chi connectivity index (χ2n) is 6.64. The predicted molar refractivity (Wildman–Crippen MR) is 104 cm³/mol. The summed E-state index contributed by atoms with van der Waals surface area (Å²) in [5, 5.41) is 3.04. The minimum absolute atomic E-state index is 0.117. The maximum atomic E-state index is 12.2. The average Bonchev–Trinajstić information content (AvgIpc) is 2.69. The Hall–Kier alpha value is -2.59. The molecule has 1 unspecified atom stereocenters. The van der Waals surface area contributed by atoms with Crippen LogP contribution in [0, 0.1) is 0 Å². The molecule has 1 aliphatic heterocycles. The molecule has 0 spiro atoms. The van der Waals surface area contributed by atoms with Gasteiger partial charge in [0.15, 0.2) is 6.54 Å². The number of carbonyl (C=O) groups is 1. The van der Waals surface area contributed by atoms with Gasteiger partial charge in [-0.25, -0.2) is 0 Å². The maximum Gasteiger partial charge on any atom is 0.275 e. The standard InChI is InChI=1S/C22H26N2O2/c1-26-21-10-6-5-9-20(21)11-14-23-22(25)17-24-15-12-19(13-16-24)18-7-3-2-4-8-18/h2-10,12H,11,13-17H2,1H3,(H,23,25)/p+1. The van der Waals surface area contributed by atoms with Gasteiger partial charge in [-0.2, -0.15) is 0 Å². The molecule has 0 aliphatic carbocycles. The molecule has 0 aromatic heterocycles. The Morgan fingerprint density at radius 3 is 2.62 bits per heavy atom. The van der Waals surface area contributed by atoms with E-state index in [4.69, 9.17) is 4.74 Å². The molecule has 4 nitrogen and oxygen atoms in total. The zero-order chi connectivity index (χ0) is 18.2. The van der Waals surface area contributed by atoms with E-state index in [1.165, 1.54) is 16.0 Å². The largest absolute Gasteiger partial charge is 0.496 e. The van der Waals surface area contributed by atoms with Crippen molar-refractivity contribution in [1.82, 2.24) is 5.32 Å². The minimum Gasteiger partial charge on any atom is -0.496 e. The van der Waals surface area contributed by atoms with Crippen molar-refractivity contribution in [2.45, 2.75) is 12.8 Å². The van der Waals surface area contributed by atoms with Crippen molar-refractivity contribution in [3.8, 4) is 5.75 Å². The highest BCUT2D eigenvalue weighted by molar-refractivity contribution is 5.77. The van der Waals surface area contributed by atoms with Crippen LogP contribution in [0.3, 0.4) is 0 Å². The lowest BCUT2D eigenvalue weighted by Gasteiger charge is -2.23.